The molecule has 0 spiro atoms. The fourth-order valence-corrected chi connectivity index (χ4v) is 6.67. The van der Waals surface area contributed by atoms with Crippen LogP contribution in [-0.2, 0) is 21.4 Å². The molecule has 3 atom stereocenters. The van der Waals surface area contributed by atoms with Crippen LogP contribution < -0.4 is 5.32 Å². The fourth-order valence-electron chi connectivity index (χ4n) is 4.86. The minimum absolute atomic E-state index is 0.114. The van der Waals surface area contributed by atoms with Crippen LogP contribution in [-0.4, -0.2) is 48.0 Å². The molecule has 2 aliphatic rings. The van der Waals surface area contributed by atoms with Crippen molar-refractivity contribution in [3.05, 3.63) is 59.4 Å². The Bertz CT molecular complexity index is 1170. The Balaban J connectivity index is 1.49. The molecule has 1 aromatic heterocycles. The molecule has 11 heteroatoms. The molecule has 1 amide bonds. The summed E-state index contributed by atoms with van der Waals surface area (Å²) in [6, 6.07) is 3.22. The van der Waals surface area contributed by atoms with Gasteiger partial charge in [0, 0.05) is 6.42 Å². The molecule has 0 unspecified atom stereocenters. The number of pyridine rings is 1. The molecule has 2 heterocycles. The molecule has 1 N–H and O–H groups in total. The third kappa shape index (κ3) is 5.35. The van der Waals surface area contributed by atoms with Gasteiger partial charge in [0.05, 0.1) is 29.4 Å². The monoisotopic (exact) mass is 513 g/mol. The number of carbonyl (C=O) groups excluding carboxylic acids is 1. The molecule has 4 rings (SSSR count). The van der Waals surface area contributed by atoms with Crippen molar-refractivity contribution in [3.63, 3.8) is 0 Å². The molecule has 2 fully saturated rings. The minimum atomic E-state index is -4.28. The first kappa shape index (κ1) is 25.6. The molecule has 0 radical (unpaired) electrons. The molecule has 2 aromatic rings. The SMILES string of the molecule is C[C@H]1[C@H](F)C[C@@H](C(=O)NCc2cc(C3CCC(F)CC3)c(F)cn2)N1S(=O)(=O)c1ccc(F)cc1. The first-order valence-corrected chi connectivity index (χ1v) is 13.0. The van der Waals surface area contributed by atoms with E-state index in [9.17, 15) is 30.8 Å². The second kappa shape index (κ2) is 10.2. The molecule has 1 aliphatic heterocycles. The van der Waals surface area contributed by atoms with Crippen LogP contribution in [0.2, 0.25) is 0 Å². The first-order valence-electron chi connectivity index (χ1n) is 11.6. The van der Waals surface area contributed by atoms with Crippen molar-refractivity contribution in [1.29, 1.82) is 0 Å². The average Bonchev–Trinajstić information content (AvgIpc) is 3.14. The van der Waals surface area contributed by atoms with Crippen LogP contribution in [0.1, 0.15) is 56.2 Å². The number of sulfonamides is 1. The number of carbonyl (C=O) groups is 1. The Morgan fingerprint density at radius 3 is 2.43 bits per heavy atom. The summed E-state index contributed by atoms with van der Waals surface area (Å²) in [6.45, 7) is 1.26. The molecule has 1 saturated carbocycles. The lowest BCUT2D eigenvalue weighted by Gasteiger charge is -2.27. The van der Waals surface area contributed by atoms with Gasteiger partial charge in [-0.05, 0) is 74.4 Å². The van der Waals surface area contributed by atoms with Crippen molar-refractivity contribution in [2.24, 2.45) is 0 Å². The summed E-state index contributed by atoms with van der Waals surface area (Å²) in [4.78, 5) is 16.7. The summed E-state index contributed by atoms with van der Waals surface area (Å²) in [6.07, 6.45) is 0.0341. The van der Waals surface area contributed by atoms with Crippen LogP contribution in [0.25, 0.3) is 0 Å². The van der Waals surface area contributed by atoms with E-state index in [2.05, 4.69) is 10.3 Å². The predicted molar refractivity (Wildman–Crippen MR) is 120 cm³/mol. The Morgan fingerprint density at radius 1 is 1.11 bits per heavy atom. The number of benzene rings is 1. The van der Waals surface area contributed by atoms with Crippen LogP contribution in [0.4, 0.5) is 17.6 Å². The number of alkyl halides is 2. The molecule has 1 saturated heterocycles. The summed E-state index contributed by atoms with van der Waals surface area (Å²) < 4.78 is 82.8. The fraction of sp³-hybridized carbons (Fsp3) is 0.500. The van der Waals surface area contributed by atoms with Gasteiger partial charge in [-0.15, -0.1) is 0 Å². The number of hydrogen-bond acceptors (Lipinski definition) is 4. The Kier molecular flexibility index (Phi) is 7.46. The second-order valence-corrected chi connectivity index (χ2v) is 11.0. The van der Waals surface area contributed by atoms with Gasteiger partial charge in [-0.25, -0.2) is 26.0 Å². The number of nitrogens with zero attached hydrogens (tertiary/aromatic N) is 2. The molecule has 6 nitrogen and oxygen atoms in total. The van der Waals surface area contributed by atoms with E-state index >= 15 is 0 Å². The van der Waals surface area contributed by atoms with Crippen LogP contribution in [0.5, 0.6) is 0 Å². The predicted octanol–water partition coefficient (Wildman–Crippen LogP) is 4.16. The van der Waals surface area contributed by atoms with Crippen molar-refractivity contribution in [2.45, 2.75) is 80.8 Å². The maximum absolute atomic E-state index is 14.6. The molecular weight excluding hydrogens is 486 g/mol. The lowest BCUT2D eigenvalue weighted by atomic mass is 9.83. The average molecular weight is 514 g/mol. The third-order valence-electron chi connectivity index (χ3n) is 6.85. The van der Waals surface area contributed by atoms with Crippen molar-refractivity contribution in [1.82, 2.24) is 14.6 Å². The van der Waals surface area contributed by atoms with Crippen molar-refractivity contribution in [3.8, 4) is 0 Å². The maximum atomic E-state index is 14.6. The highest BCUT2D eigenvalue weighted by atomic mass is 32.2. The Morgan fingerprint density at radius 2 is 1.77 bits per heavy atom. The zero-order valence-electron chi connectivity index (χ0n) is 19.1. The van der Waals surface area contributed by atoms with Gasteiger partial charge in [-0.1, -0.05) is 0 Å². The van der Waals surface area contributed by atoms with E-state index in [0.29, 0.717) is 36.9 Å². The molecule has 190 valence electrons. The number of nitrogens with one attached hydrogen (secondary N) is 1. The Labute approximate surface area is 201 Å². The Hall–Kier alpha value is -2.53. The zero-order chi connectivity index (χ0) is 25.3. The molecule has 35 heavy (non-hydrogen) atoms. The number of aromatic nitrogens is 1. The third-order valence-corrected chi connectivity index (χ3v) is 8.86. The van der Waals surface area contributed by atoms with Gasteiger partial charge in [-0.2, -0.15) is 4.31 Å². The molecule has 1 aromatic carbocycles. The summed E-state index contributed by atoms with van der Waals surface area (Å²) in [7, 11) is -4.28. The quantitative estimate of drug-likeness (QED) is 0.589. The van der Waals surface area contributed by atoms with Gasteiger partial charge < -0.3 is 5.32 Å². The van der Waals surface area contributed by atoms with Crippen molar-refractivity contribution < 1.29 is 30.8 Å². The first-order chi connectivity index (χ1) is 16.6. The summed E-state index contributed by atoms with van der Waals surface area (Å²) in [5.41, 5.74) is 0.767. The molecular formula is C24H27F4N3O3S. The van der Waals surface area contributed by atoms with E-state index < -0.39 is 52.0 Å². The second-order valence-electron chi connectivity index (χ2n) is 9.16. The van der Waals surface area contributed by atoms with Gasteiger partial charge in [0.2, 0.25) is 15.9 Å². The van der Waals surface area contributed by atoms with Gasteiger partial charge in [0.25, 0.3) is 0 Å². The summed E-state index contributed by atoms with van der Waals surface area (Å²) in [5, 5.41) is 2.58. The highest BCUT2D eigenvalue weighted by Gasteiger charge is 2.49. The smallest absolute Gasteiger partial charge is 0.244 e. The van der Waals surface area contributed by atoms with E-state index in [0.717, 1.165) is 34.8 Å². The van der Waals surface area contributed by atoms with Gasteiger partial charge in [0.15, 0.2) is 0 Å². The lowest BCUT2D eigenvalue weighted by molar-refractivity contribution is -0.124. The lowest BCUT2D eigenvalue weighted by Crippen LogP contribution is -2.48. The topological polar surface area (TPSA) is 79.4 Å². The van der Waals surface area contributed by atoms with E-state index in [-0.39, 0.29) is 23.8 Å². The van der Waals surface area contributed by atoms with Gasteiger partial charge in [-0.3, -0.25) is 9.78 Å². The van der Waals surface area contributed by atoms with Gasteiger partial charge in [0.1, 0.15) is 30.0 Å². The summed E-state index contributed by atoms with van der Waals surface area (Å²) in [5.74, 6) is -1.98. The van der Waals surface area contributed by atoms with Crippen LogP contribution in [0, 0.1) is 11.6 Å². The van der Waals surface area contributed by atoms with Crippen molar-refractivity contribution >= 4 is 15.9 Å². The van der Waals surface area contributed by atoms with Crippen LogP contribution in [0.3, 0.4) is 0 Å². The van der Waals surface area contributed by atoms with Gasteiger partial charge >= 0.3 is 0 Å². The highest BCUT2D eigenvalue weighted by Crippen LogP contribution is 2.36. The largest absolute Gasteiger partial charge is 0.349 e. The van der Waals surface area contributed by atoms with E-state index in [4.69, 9.17) is 0 Å². The summed E-state index contributed by atoms with van der Waals surface area (Å²) >= 11 is 0. The number of rotatable bonds is 6. The number of halogens is 4. The molecule has 0 bridgehead atoms. The normalized spacial score (nSPS) is 27.6. The van der Waals surface area contributed by atoms with Crippen molar-refractivity contribution in [2.75, 3.05) is 0 Å². The minimum Gasteiger partial charge on any atom is -0.349 e. The van der Waals surface area contributed by atoms with E-state index in [1.165, 1.54) is 13.0 Å². The zero-order valence-corrected chi connectivity index (χ0v) is 19.9. The van der Waals surface area contributed by atoms with E-state index in [1.807, 2.05) is 0 Å². The van der Waals surface area contributed by atoms with Crippen LogP contribution in [0.15, 0.2) is 41.4 Å². The maximum Gasteiger partial charge on any atom is 0.244 e. The highest BCUT2D eigenvalue weighted by molar-refractivity contribution is 7.89. The van der Waals surface area contributed by atoms with E-state index in [1.54, 1.807) is 0 Å². The number of hydrogen-bond donors (Lipinski definition) is 1. The molecule has 1 aliphatic carbocycles. The standard InChI is InChI=1S/C24H27F4N3O3S/c1-14-21(27)11-23(31(14)35(33,34)19-8-6-17(26)7-9-19)24(32)30-12-18-10-20(22(28)13-29-18)15-2-4-16(25)5-3-15/h6-10,13-16,21,23H,2-5,11-12H2,1H3,(H,30,32)/t14-,15?,16?,21+,23-/m0/s1. The number of amides is 1. The van der Waals surface area contributed by atoms with Crippen LogP contribution >= 0.6 is 0 Å².